The minimum atomic E-state index is -0.841. The predicted molar refractivity (Wildman–Crippen MR) is 50.6 cm³/mol. The molecule has 0 heterocycles. The molecule has 1 rings (SSSR count). The third kappa shape index (κ3) is 4.18. The normalized spacial score (nSPS) is 22.2. The molecule has 0 amide bonds. The molecule has 12 heavy (non-hydrogen) atoms. The molecule has 0 radical (unpaired) electrons. The summed E-state index contributed by atoms with van der Waals surface area (Å²) in [5.74, 6) is 1.05. The highest BCUT2D eigenvalue weighted by Crippen LogP contribution is 2.18. The van der Waals surface area contributed by atoms with Gasteiger partial charge in [0, 0.05) is 29.1 Å². The lowest BCUT2D eigenvalue weighted by Gasteiger charge is -2.09. The summed E-state index contributed by atoms with van der Waals surface area (Å²) in [6.07, 6.45) is 2.01. The SMILES string of the molecule is CCS(=O)CC(O)CNC1CC1. The monoisotopic (exact) mass is 191 g/mol. The molecule has 1 aliphatic carbocycles. The van der Waals surface area contributed by atoms with Gasteiger partial charge >= 0.3 is 0 Å². The first-order chi connectivity index (χ1) is 5.72. The number of rotatable bonds is 6. The standard InChI is InChI=1S/C8H17NO2S/c1-2-12(11)6-8(10)5-9-7-3-4-7/h7-10H,2-6H2,1H3. The Hall–Kier alpha value is 0.0700. The van der Waals surface area contributed by atoms with Crippen LogP contribution >= 0.6 is 0 Å². The lowest BCUT2D eigenvalue weighted by Crippen LogP contribution is -2.32. The minimum absolute atomic E-state index is 0.413. The summed E-state index contributed by atoms with van der Waals surface area (Å²) in [6, 6.07) is 0.620. The van der Waals surface area contributed by atoms with Crippen molar-refractivity contribution in [2.24, 2.45) is 0 Å². The molecule has 0 aromatic heterocycles. The lowest BCUT2D eigenvalue weighted by molar-refractivity contribution is 0.194. The summed E-state index contributed by atoms with van der Waals surface area (Å²) in [4.78, 5) is 0. The second-order valence-corrected chi connectivity index (χ2v) is 5.02. The summed E-state index contributed by atoms with van der Waals surface area (Å²) in [5.41, 5.74) is 0. The van der Waals surface area contributed by atoms with Gasteiger partial charge in [-0.1, -0.05) is 6.92 Å². The van der Waals surface area contributed by atoms with Crippen molar-refractivity contribution < 1.29 is 9.32 Å². The molecule has 72 valence electrons. The van der Waals surface area contributed by atoms with E-state index >= 15 is 0 Å². The Morgan fingerprint density at radius 2 is 2.33 bits per heavy atom. The maximum Gasteiger partial charge on any atom is 0.0779 e. The van der Waals surface area contributed by atoms with Crippen molar-refractivity contribution >= 4 is 10.8 Å². The first-order valence-electron chi connectivity index (χ1n) is 4.48. The second kappa shape index (κ2) is 4.94. The molecule has 1 saturated carbocycles. The molecule has 2 atom stereocenters. The number of hydrogen-bond donors (Lipinski definition) is 2. The summed E-state index contributed by atoms with van der Waals surface area (Å²) in [6.45, 7) is 2.47. The number of nitrogens with one attached hydrogen (secondary N) is 1. The molecule has 0 aliphatic heterocycles. The molecule has 0 spiro atoms. The average molecular weight is 191 g/mol. The summed E-state index contributed by atoms with van der Waals surface area (Å²) in [5, 5.41) is 12.6. The molecular weight excluding hydrogens is 174 g/mol. The molecule has 3 nitrogen and oxygen atoms in total. The molecule has 0 saturated heterocycles. The molecule has 1 fully saturated rings. The first kappa shape index (κ1) is 10.2. The van der Waals surface area contributed by atoms with Crippen LogP contribution in [-0.4, -0.2) is 39.5 Å². The molecule has 2 N–H and O–H groups in total. The molecule has 4 heteroatoms. The fraction of sp³-hybridized carbons (Fsp3) is 1.00. The van der Waals surface area contributed by atoms with Crippen LogP contribution < -0.4 is 5.32 Å². The van der Waals surface area contributed by atoms with Crippen LogP contribution in [0.5, 0.6) is 0 Å². The van der Waals surface area contributed by atoms with Gasteiger partial charge in [0.15, 0.2) is 0 Å². The Balaban J connectivity index is 2.01. The highest BCUT2D eigenvalue weighted by atomic mass is 32.2. The van der Waals surface area contributed by atoms with Gasteiger partial charge in [0.1, 0.15) is 0 Å². The third-order valence-electron chi connectivity index (χ3n) is 1.92. The summed E-state index contributed by atoms with van der Waals surface area (Å²) < 4.78 is 11.0. The van der Waals surface area contributed by atoms with Crippen molar-refractivity contribution in [3.05, 3.63) is 0 Å². The number of aliphatic hydroxyl groups excluding tert-OH is 1. The first-order valence-corrected chi connectivity index (χ1v) is 5.97. The number of aliphatic hydroxyl groups is 1. The Bertz CT molecular complexity index is 159. The van der Waals surface area contributed by atoms with Crippen molar-refractivity contribution in [2.75, 3.05) is 18.1 Å². The molecule has 0 aromatic carbocycles. The van der Waals surface area contributed by atoms with Crippen LogP contribution in [0.1, 0.15) is 19.8 Å². The fourth-order valence-electron chi connectivity index (χ4n) is 0.982. The van der Waals surface area contributed by atoms with Gasteiger partial charge in [-0.25, -0.2) is 0 Å². The van der Waals surface area contributed by atoms with Gasteiger partial charge in [-0.05, 0) is 12.8 Å². The highest BCUT2D eigenvalue weighted by Gasteiger charge is 2.21. The maximum atomic E-state index is 11.0. The van der Waals surface area contributed by atoms with Crippen LogP contribution in [0.4, 0.5) is 0 Å². The molecule has 1 aliphatic rings. The number of hydrogen-bond acceptors (Lipinski definition) is 3. The lowest BCUT2D eigenvalue weighted by atomic mass is 10.4. The Labute approximate surface area is 76.0 Å². The zero-order valence-electron chi connectivity index (χ0n) is 7.45. The van der Waals surface area contributed by atoms with Gasteiger partial charge in [0.25, 0.3) is 0 Å². The van der Waals surface area contributed by atoms with Crippen molar-refractivity contribution in [1.29, 1.82) is 0 Å². The van der Waals surface area contributed by atoms with Gasteiger partial charge in [-0.2, -0.15) is 0 Å². The Morgan fingerprint density at radius 3 is 2.83 bits per heavy atom. The minimum Gasteiger partial charge on any atom is -0.391 e. The van der Waals surface area contributed by atoms with E-state index in [9.17, 15) is 9.32 Å². The van der Waals surface area contributed by atoms with E-state index in [2.05, 4.69) is 5.32 Å². The topological polar surface area (TPSA) is 49.3 Å². The zero-order chi connectivity index (χ0) is 8.97. The van der Waals surface area contributed by atoms with Crippen LogP contribution in [0.15, 0.2) is 0 Å². The van der Waals surface area contributed by atoms with Gasteiger partial charge in [0.05, 0.1) is 11.9 Å². The fourth-order valence-corrected chi connectivity index (χ4v) is 1.76. The Kier molecular flexibility index (Phi) is 4.18. The second-order valence-electron chi connectivity index (χ2n) is 3.23. The average Bonchev–Trinajstić information content (AvgIpc) is 2.83. The van der Waals surface area contributed by atoms with Gasteiger partial charge in [0.2, 0.25) is 0 Å². The maximum absolute atomic E-state index is 11.0. The quantitative estimate of drug-likeness (QED) is 0.615. The third-order valence-corrected chi connectivity index (χ3v) is 3.32. The van der Waals surface area contributed by atoms with Crippen LogP contribution in [0.2, 0.25) is 0 Å². The molecular formula is C8H17NO2S. The predicted octanol–water partition coefficient (Wildman–Crippen LogP) is -0.132. The van der Waals surface area contributed by atoms with Gasteiger partial charge in [-0.15, -0.1) is 0 Å². The van der Waals surface area contributed by atoms with Gasteiger partial charge in [-0.3, -0.25) is 4.21 Å². The zero-order valence-corrected chi connectivity index (χ0v) is 8.27. The van der Waals surface area contributed by atoms with E-state index in [1.54, 1.807) is 0 Å². The van der Waals surface area contributed by atoms with E-state index in [0.29, 0.717) is 24.1 Å². The van der Waals surface area contributed by atoms with E-state index in [1.807, 2.05) is 6.92 Å². The highest BCUT2D eigenvalue weighted by molar-refractivity contribution is 7.84. The van der Waals surface area contributed by atoms with E-state index in [-0.39, 0.29) is 0 Å². The van der Waals surface area contributed by atoms with Crippen molar-refractivity contribution in [3.63, 3.8) is 0 Å². The summed E-state index contributed by atoms with van der Waals surface area (Å²) in [7, 11) is -0.841. The van der Waals surface area contributed by atoms with E-state index in [1.165, 1.54) is 12.8 Å². The van der Waals surface area contributed by atoms with Crippen LogP contribution in [0, 0.1) is 0 Å². The van der Waals surface area contributed by atoms with Crippen molar-refractivity contribution in [1.82, 2.24) is 5.32 Å². The van der Waals surface area contributed by atoms with E-state index in [4.69, 9.17) is 0 Å². The molecule has 0 bridgehead atoms. The van der Waals surface area contributed by atoms with Crippen molar-refractivity contribution in [2.45, 2.75) is 31.9 Å². The largest absolute Gasteiger partial charge is 0.391 e. The van der Waals surface area contributed by atoms with E-state index in [0.717, 1.165) is 0 Å². The van der Waals surface area contributed by atoms with Gasteiger partial charge < -0.3 is 10.4 Å². The van der Waals surface area contributed by atoms with Crippen molar-refractivity contribution in [3.8, 4) is 0 Å². The van der Waals surface area contributed by atoms with Crippen LogP contribution in [0.3, 0.4) is 0 Å². The van der Waals surface area contributed by atoms with Crippen LogP contribution in [-0.2, 0) is 10.8 Å². The summed E-state index contributed by atoms with van der Waals surface area (Å²) >= 11 is 0. The van der Waals surface area contributed by atoms with E-state index < -0.39 is 16.9 Å². The smallest absolute Gasteiger partial charge is 0.0779 e. The Morgan fingerprint density at radius 1 is 1.67 bits per heavy atom. The molecule has 2 unspecified atom stereocenters. The van der Waals surface area contributed by atoms with Crippen LogP contribution in [0.25, 0.3) is 0 Å². The molecule has 0 aromatic rings.